The first kappa shape index (κ1) is 22.7. The van der Waals surface area contributed by atoms with E-state index < -0.39 is 10.0 Å². The van der Waals surface area contributed by atoms with Gasteiger partial charge in [0.25, 0.3) is 15.9 Å². The Labute approximate surface area is 187 Å². The van der Waals surface area contributed by atoms with Crippen LogP contribution in [-0.2, 0) is 10.0 Å². The second kappa shape index (κ2) is 10.4. The summed E-state index contributed by atoms with van der Waals surface area (Å²) in [6, 6.07) is 21.0. The molecule has 0 spiro atoms. The predicted octanol–water partition coefficient (Wildman–Crippen LogP) is 4.33. The summed E-state index contributed by atoms with van der Waals surface area (Å²) in [5.74, 6) is 1.04. The van der Waals surface area contributed by atoms with Gasteiger partial charge in [0.2, 0.25) is 0 Å². The number of sulfonamides is 1. The molecule has 0 aliphatic heterocycles. The van der Waals surface area contributed by atoms with Gasteiger partial charge in [-0.25, -0.2) is 8.42 Å². The van der Waals surface area contributed by atoms with E-state index in [0.29, 0.717) is 34.9 Å². The van der Waals surface area contributed by atoms with E-state index in [9.17, 15) is 13.2 Å². The van der Waals surface area contributed by atoms with Crippen LogP contribution in [0.1, 0.15) is 15.9 Å². The average molecular weight is 457 g/mol. The number of rotatable bonds is 9. The maximum Gasteiger partial charge on any atom is 0.261 e. The molecule has 0 heterocycles. The second-order valence-electron chi connectivity index (χ2n) is 6.73. The Hall–Kier alpha value is -2.97. The zero-order chi connectivity index (χ0) is 22.3. The molecular formula is C23H24N2O4S2. The molecule has 0 radical (unpaired) electrons. The molecule has 8 heteroatoms. The Balaban J connectivity index is 1.65. The van der Waals surface area contributed by atoms with Crippen LogP contribution in [0, 0.1) is 6.92 Å². The van der Waals surface area contributed by atoms with Gasteiger partial charge in [-0.05, 0) is 61.0 Å². The highest BCUT2D eigenvalue weighted by Gasteiger charge is 2.18. The molecule has 0 unspecified atom stereocenters. The summed E-state index contributed by atoms with van der Waals surface area (Å²) in [6.45, 7) is 2.25. The first-order valence-electron chi connectivity index (χ1n) is 9.62. The number of methoxy groups -OCH3 is 1. The number of aryl methyl sites for hydroxylation is 1. The number of ether oxygens (including phenoxy) is 1. The first-order valence-corrected chi connectivity index (χ1v) is 12.1. The number of hydrogen-bond donors (Lipinski definition) is 2. The van der Waals surface area contributed by atoms with Gasteiger partial charge >= 0.3 is 0 Å². The first-order chi connectivity index (χ1) is 14.9. The Kier molecular flexibility index (Phi) is 7.59. The average Bonchev–Trinajstić information content (AvgIpc) is 2.77. The van der Waals surface area contributed by atoms with Crippen molar-refractivity contribution in [3.63, 3.8) is 0 Å². The number of thioether (sulfide) groups is 1. The SMILES string of the molecule is COc1ccc(NS(=O)(=O)c2ccc(C)c(C(=O)NCCSc3ccccc3)c2)cc1. The molecule has 0 saturated carbocycles. The molecule has 31 heavy (non-hydrogen) atoms. The smallest absolute Gasteiger partial charge is 0.261 e. The highest BCUT2D eigenvalue weighted by atomic mass is 32.2. The lowest BCUT2D eigenvalue weighted by Crippen LogP contribution is -2.27. The normalized spacial score (nSPS) is 11.0. The molecular weight excluding hydrogens is 432 g/mol. The quantitative estimate of drug-likeness (QED) is 0.370. The molecule has 3 aromatic carbocycles. The van der Waals surface area contributed by atoms with Crippen LogP contribution in [0.2, 0.25) is 0 Å². The molecule has 0 aliphatic carbocycles. The molecule has 1 amide bonds. The van der Waals surface area contributed by atoms with Crippen LogP contribution >= 0.6 is 11.8 Å². The van der Waals surface area contributed by atoms with Gasteiger partial charge in [0, 0.05) is 28.4 Å². The van der Waals surface area contributed by atoms with E-state index in [2.05, 4.69) is 10.0 Å². The number of carbonyl (C=O) groups excluding carboxylic acids is 1. The number of anilines is 1. The van der Waals surface area contributed by atoms with E-state index in [1.807, 2.05) is 30.3 Å². The number of benzene rings is 3. The lowest BCUT2D eigenvalue weighted by molar-refractivity contribution is 0.0955. The van der Waals surface area contributed by atoms with Crippen molar-refractivity contribution in [1.82, 2.24) is 5.32 Å². The van der Waals surface area contributed by atoms with Crippen molar-refractivity contribution in [2.45, 2.75) is 16.7 Å². The van der Waals surface area contributed by atoms with E-state index in [0.717, 1.165) is 4.90 Å². The van der Waals surface area contributed by atoms with Gasteiger partial charge in [-0.15, -0.1) is 11.8 Å². The van der Waals surface area contributed by atoms with Gasteiger partial charge in [0.15, 0.2) is 0 Å². The van der Waals surface area contributed by atoms with Crippen LogP contribution in [0.4, 0.5) is 5.69 Å². The minimum Gasteiger partial charge on any atom is -0.497 e. The topological polar surface area (TPSA) is 84.5 Å². The van der Waals surface area contributed by atoms with Gasteiger partial charge < -0.3 is 10.1 Å². The van der Waals surface area contributed by atoms with Gasteiger partial charge in [0.05, 0.1) is 12.0 Å². The van der Waals surface area contributed by atoms with Crippen molar-refractivity contribution in [1.29, 1.82) is 0 Å². The molecule has 0 bridgehead atoms. The molecule has 2 N–H and O–H groups in total. The number of hydrogen-bond acceptors (Lipinski definition) is 5. The van der Waals surface area contributed by atoms with Gasteiger partial charge in [-0.1, -0.05) is 24.3 Å². The maximum absolute atomic E-state index is 12.8. The van der Waals surface area contributed by atoms with Gasteiger partial charge in [0.1, 0.15) is 5.75 Å². The van der Waals surface area contributed by atoms with E-state index in [-0.39, 0.29) is 10.8 Å². The van der Waals surface area contributed by atoms with Crippen LogP contribution in [-0.4, -0.2) is 33.7 Å². The summed E-state index contributed by atoms with van der Waals surface area (Å²) in [6.07, 6.45) is 0. The Morgan fingerprint density at radius 1 is 1.00 bits per heavy atom. The van der Waals surface area contributed by atoms with Crippen molar-refractivity contribution in [2.24, 2.45) is 0 Å². The Morgan fingerprint density at radius 3 is 2.39 bits per heavy atom. The van der Waals surface area contributed by atoms with Crippen molar-refractivity contribution in [2.75, 3.05) is 24.1 Å². The highest BCUT2D eigenvalue weighted by molar-refractivity contribution is 7.99. The number of nitrogens with one attached hydrogen (secondary N) is 2. The van der Waals surface area contributed by atoms with E-state index >= 15 is 0 Å². The molecule has 3 rings (SSSR count). The monoisotopic (exact) mass is 456 g/mol. The summed E-state index contributed by atoms with van der Waals surface area (Å²) >= 11 is 1.64. The Bertz CT molecular complexity index is 1130. The van der Waals surface area contributed by atoms with Gasteiger partial charge in [-0.2, -0.15) is 0 Å². The fraction of sp³-hybridized carbons (Fsp3) is 0.174. The van der Waals surface area contributed by atoms with Crippen molar-refractivity contribution in [3.05, 3.63) is 83.9 Å². The summed E-state index contributed by atoms with van der Waals surface area (Å²) in [4.78, 5) is 13.8. The Morgan fingerprint density at radius 2 is 1.71 bits per heavy atom. The second-order valence-corrected chi connectivity index (χ2v) is 9.58. The fourth-order valence-corrected chi connectivity index (χ4v) is 4.71. The van der Waals surface area contributed by atoms with Crippen molar-refractivity contribution in [3.8, 4) is 5.75 Å². The maximum atomic E-state index is 12.8. The zero-order valence-corrected chi connectivity index (χ0v) is 18.9. The summed E-state index contributed by atoms with van der Waals surface area (Å²) in [7, 11) is -2.30. The van der Waals surface area contributed by atoms with Gasteiger partial charge in [-0.3, -0.25) is 9.52 Å². The summed E-state index contributed by atoms with van der Waals surface area (Å²) < 4.78 is 33.2. The molecule has 0 fully saturated rings. The molecule has 0 aliphatic rings. The minimum atomic E-state index is -3.84. The zero-order valence-electron chi connectivity index (χ0n) is 17.3. The fourth-order valence-electron chi connectivity index (χ4n) is 2.83. The predicted molar refractivity (Wildman–Crippen MR) is 124 cm³/mol. The molecule has 0 saturated heterocycles. The lowest BCUT2D eigenvalue weighted by atomic mass is 10.1. The molecule has 162 valence electrons. The lowest BCUT2D eigenvalue weighted by Gasteiger charge is -2.12. The van der Waals surface area contributed by atoms with Crippen LogP contribution in [0.5, 0.6) is 5.75 Å². The van der Waals surface area contributed by atoms with Crippen LogP contribution in [0.25, 0.3) is 0 Å². The third-order valence-electron chi connectivity index (χ3n) is 4.51. The molecule has 0 atom stereocenters. The van der Waals surface area contributed by atoms with Crippen molar-refractivity contribution < 1.29 is 17.9 Å². The van der Waals surface area contributed by atoms with Crippen LogP contribution in [0.3, 0.4) is 0 Å². The standard InChI is InChI=1S/C23H24N2O4S2/c1-17-8-13-21(31(27,28)25-18-9-11-19(29-2)12-10-18)16-22(17)23(26)24-14-15-30-20-6-4-3-5-7-20/h3-13,16,25H,14-15H2,1-2H3,(H,24,26). The van der Waals surface area contributed by atoms with E-state index in [1.165, 1.54) is 12.1 Å². The third-order valence-corrected chi connectivity index (χ3v) is 6.90. The van der Waals surface area contributed by atoms with Crippen LogP contribution < -0.4 is 14.8 Å². The van der Waals surface area contributed by atoms with Crippen LogP contribution in [0.15, 0.2) is 82.6 Å². The van der Waals surface area contributed by atoms with Crippen molar-refractivity contribution >= 4 is 33.4 Å². The third kappa shape index (κ3) is 6.26. The number of carbonyl (C=O) groups is 1. The minimum absolute atomic E-state index is 0.0257. The molecule has 3 aromatic rings. The molecule has 6 nitrogen and oxygen atoms in total. The van der Waals surface area contributed by atoms with E-state index in [1.54, 1.807) is 56.1 Å². The summed E-state index contributed by atoms with van der Waals surface area (Å²) in [5.41, 5.74) is 1.45. The summed E-state index contributed by atoms with van der Waals surface area (Å²) in [5, 5.41) is 2.86. The highest BCUT2D eigenvalue weighted by Crippen LogP contribution is 2.21. The largest absolute Gasteiger partial charge is 0.497 e. The number of amides is 1. The molecule has 0 aromatic heterocycles. The van der Waals surface area contributed by atoms with E-state index in [4.69, 9.17) is 4.74 Å².